The Hall–Kier alpha value is -2.20. The van der Waals surface area contributed by atoms with Gasteiger partial charge < -0.3 is 10.4 Å². The van der Waals surface area contributed by atoms with Gasteiger partial charge in [0.1, 0.15) is 5.60 Å². The topological polar surface area (TPSA) is 65.5 Å². The van der Waals surface area contributed by atoms with Crippen molar-refractivity contribution in [3.05, 3.63) is 52.0 Å². The Morgan fingerprint density at radius 3 is 3.04 bits per heavy atom. The summed E-state index contributed by atoms with van der Waals surface area (Å²) >= 11 is 1.68. The molecule has 0 saturated carbocycles. The Morgan fingerprint density at radius 1 is 1.43 bits per heavy atom. The lowest BCUT2D eigenvalue weighted by atomic mass is 9.98. The summed E-state index contributed by atoms with van der Waals surface area (Å²) in [4.78, 5) is 20.9. The molecule has 3 rings (SSSR count). The first-order valence-electron chi connectivity index (χ1n) is 9.64. The second-order valence-electron chi connectivity index (χ2n) is 7.77. The molecule has 148 valence electrons. The number of amides is 1. The third kappa shape index (κ3) is 6.45. The Balaban J connectivity index is 1.49. The van der Waals surface area contributed by atoms with Gasteiger partial charge in [-0.25, -0.2) is 0 Å². The SMILES string of the molecule is CC(C)(O)C#Cc1ccc(CN2CCCC(CNC(=O)c3cccnc3)C2)s1. The molecule has 6 heteroatoms. The second kappa shape index (κ2) is 9.33. The van der Waals surface area contributed by atoms with Crippen LogP contribution in [0.5, 0.6) is 0 Å². The van der Waals surface area contributed by atoms with Gasteiger partial charge in [-0.2, -0.15) is 0 Å². The Labute approximate surface area is 170 Å². The van der Waals surface area contributed by atoms with Gasteiger partial charge in [-0.1, -0.05) is 11.8 Å². The highest BCUT2D eigenvalue weighted by Gasteiger charge is 2.21. The van der Waals surface area contributed by atoms with Gasteiger partial charge in [0.15, 0.2) is 0 Å². The number of carbonyl (C=O) groups excluding carboxylic acids is 1. The number of hydrogen-bond acceptors (Lipinski definition) is 5. The molecule has 1 atom stereocenters. The number of nitrogens with zero attached hydrogens (tertiary/aromatic N) is 2. The number of rotatable bonds is 5. The average molecular weight is 398 g/mol. The fourth-order valence-electron chi connectivity index (χ4n) is 3.26. The summed E-state index contributed by atoms with van der Waals surface area (Å²) in [6.45, 7) is 7.04. The van der Waals surface area contributed by atoms with Crippen LogP contribution in [0, 0.1) is 17.8 Å². The first-order valence-corrected chi connectivity index (χ1v) is 10.5. The molecular weight excluding hydrogens is 370 g/mol. The van der Waals surface area contributed by atoms with Gasteiger partial charge in [0.25, 0.3) is 5.91 Å². The fourth-order valence-corrected chi connectivity index (χ4v) is 4.17. The predicted molar refractivity (Wildman–Crippen MR) is 112 cm³/mol. The van der Waals surface area contributed by atoms with Crippen LogP contribution in [-0.4, -0.2) is 46.1 Å². The first kappa shape index (κ1) is 20.5. The van der Waals surface area contributed by atoms with Crippen LogP contribution in [0.3, 0.4) is 0 Å². The highest BCUT2D eigenvalue weighted by molar-refractivity contribution is 7.12. The van der Waals surface area contributed by atoms with E-state index in [1.165, 1.54) is 4.88 Å². The molecule has 3 heterocycles. The molecule has 0 spiro atoms. The Bertz CT molecular complexity index is 846. The van der Waals surface area contributed by atoms with Gasteiger partial charge in [0.05, 0.1) is 10.4 Å². The molecule has 2 aromatic rings. The zero-order valence-electron chi connectivity index (χ0n) is 16.4. The van der Waals surface area contributed by atoms with E-state index in [1.54, 1.807) is 49.7 Å². The largest absolute Gasteiger partial charge is 0.378 e. The van der Waals surface area contributed by atoms with E-state index in [1.807, 2.05) is 6.07 Å². The molecule has 5 nitrogen and oxygen atoms in total. The van der Waals surface area contributed by atoms with E-state index < -0.39 is 5.60 Å². The summed E-state index contributed by atoms with van der Waals surface area (Å²) < 4.78 is 0. The van der Waals surface area contributed by atoms with Crippen molar-refractivity contribution in [1.82, 2.24) is 15.2 Å². The third-order valence-corrected chi connectivity index (χ3v) is 5.60. The summed E-state index contributed by atoms with van der Waals surface area (Å²) in [5.41, 5.74) is -0.363. The van der Waals surface area contributed by atoms with Gasteiger partial charge in [0.2, 0.25) is 0 Å². The minimum atomic E-state index is -0.968. The van der Waals surface area contributed by atoms with Crippen molar-refractivity contribution in [2.24, 2.45) is 5.92 Å². The standard InChI is InChI=1S/C22H27N3O2S/c1-22(2,27)10-9-19-7-8-20(28-19)16-25-12-4-5-17(15-25)13-24-21(26)18-6-3-11-23-14-18/h3,6-8,11,14,17,27H,4-5,12-13,15-16H2,1-2H3,(H,24,26). The minimum absolute atomic E-state index is 0.0569. The number of aromatic nitrogens is 1. The lowest BCUT2D eigenvalue weighted by Gasteiger charge is -2.32. The molecule has 2 N–H and O–H groups in total. The molecule has 1 aliphatic rings. The number of hydrogen-bond donors (Lipinski definition) is 2. The van der Waals surface area contributed by atoms with Crippen molar-refractivity contribution < 1.29 is 9.90 Å². The Kier molecular flexibility index (Phi) is 6.84. The van der Waals surface area contributed by atoms with E-state index in [2.05, 4.69) is 33.1 Å². The van der Waals surface area contributed by atoms with Crippen molar-refractivity contribution in [3.8, 4) is 11.8 Å². The summed E-state index contributed by atoms with van der Waals surface area (Å²) in [5.74, 6) is 6.31. The van der Waals surface area contributed by atoms with Gasteiger partial charge in [-0.15, -0.1) is 11.3 Å². The lowest BCUT2D eigenvalue weighted by Crippen LogP contribution is -2.40. The van der Waals surface area contributed by atoms with Crippen LogP contribution >= 0.6 is 11.3 Å². The molecule has 0 aromatic carbocycles. The number of aliphatic hydroxyl groups is 1. The van der Waals surface area contributed by atoms with Crippen LogP contribution in [0.2, 0.25) is 0 Å². The van der Waals surface area contributed by atoms with E-state index >= 15 is 0 Å². The van der Waals surface area contributed by atoms with Crippen LogP contribution in [0.25, 0.3) is 0 Å². The van der Waals surface area contributed by atoms with E-state index in [9.17, 15) is 9.90 Å². The quantitative estimate of drug-likeness (QED) is 0.762. The van der Waals surface area contributed by atoms with Crippen molar-refractivity contribution in [1.29, 1.82) is 0 Å². The van der Waals surface area contributed by atoms with Crippen molar-refractivity contribution in [3.63, 3.8) is 0 Å². The van der Waals surface area contributed by atoms with E-state index in [4.69, 9.17) is 0 Å². The summed E-state index contributed by atoms with van der Waals surface area (Å²) in [7, 11) is 0. The second-order valence-corrected chi connectivity index (χ2v) is 8.94. The highest BCUT2D eigenvalue weighted by Crippen LogP contribution is 2.22. The molecule has 1 unspecified atom stereocenters. The summed E-state index contributed by atoms with van der Waals surface area (Å²) in [6.07, 6.45) is 5.54. The molecular formula is C22H27N3O2S. The van der Waals surface area contributed by atoms with Crippen molar-refractivity contribution in [2.45, 2.75) is 38.8 Å². The first-order chi connectivity index (χ1) is 13.4. The number of likely N-dealkylation sites (tertiary alicyclic amines) is 1. The maximum absolute atomic E-state index is 12.2. The van der Waals surface area contributed by atoms with Gasteiger partial charge in [-0.05, 0) is 63.4 Å². The number of piperidine rings is 1. The normalized spacial score (nSPS) is 17.6. The van der Waals surface area contributed by atoms with Crippen molar-refractivity contribution in [2.75, 3.05) is 19.6 Å². The molecule has 1 aliphatic heterocycles. The molecule has 1 saturated heterocycles. The van der Waals surface area contributed by atoms with Crippen LogP contribution in [-0.2, 0) is 6.54 Å². The number of pyridine rings is 1. The number of nitrogens with one attached hydrogen (secondary N) is 1. The van der Waals surface area contributed by atoms with Crippen molar-refractivity contribution >= 4 is 17.2 Å². The molecule has 1 amide bonds. The maximum atomic E-state index is 12.2. The summed E-state index contributed by atoms with van der Waals surface area (Å²) in [6, 6.07) is 7.70. The smallest absolute Gasteiger partial charge is 0.252 e. The number of carbonyl (C=O) groups is 1. The average Bonchev–Trinajstić information content (AvgIpc) is 3.12. The van der Waals surface area contributed by atoms with Gasteiger partial charge in [-0.3, -0.25) is 14.7 Å². The predicted octanol–water partition coefficient (Wildman–Crippen LogP) is 2.91. The summed E-state index contributed by atoms with van der Waals surface area (Å²) in [5, 5.41) is 12.8. The highest BCUT2D eigenvalue weighted by atomic mass is 32.1. The third-order valence-electron chi connectivity index (χ3n) is 4.61. The Morgan fingerprint density at radius 2 is 2.29 bits per heavy atom. The molecule has 2 aromatic heterocycles. The zero-order chi connectivity index (χ0) is 20.0. The lowest BCUT2D eigenvalue weighted by molar-refractivity contribution is 0.0930. The molecule has 0 radical (unpaired) electrons. The molecule has 0 aliphatic carbocycles. The van der Waals surface area contributed by atoms with Gasteiger partial charge >= 0.3 is 0 Å². The molecule has 28 heavy (non-hydrogen) atoms. The van der Waals surface area contributed by atoms with Crippen LogP contribution in [0.4, 0.5) is 0 Å². The minimum Gasteiger partial charge on any atom is -0.378 e. The maximum Gasteiger partial charge on any atom is 0.252 e. The fraction of sp³-hybridized carbons (Fsp3) is 0.455. The molecule has 1 fully saturated rings. The van der Waals surface area contributed by atoms with E-state index in [0.717, 1.165) is 37.4 Å². The van der Waals surface area contributed by atoms with Crippen LogP contribution < -0.4 is 5.32 Å². The number of thiophene rings is 1. The van der Waals surface area contributed by atoms with E-state index in [0.29, 0.717) is 18.0 Å². The van der Waals surface area contributed by atoms with Crippen LogP contribution in [0.15, 0.2) is 36.7 Å². The zero-order valence-corrected chi connectivity index (χ0v) is 17.3. The van der Waals surface area contributed by atoms with Crippen LogP contribution in [0.1, 0.15) is 46.8 Å². The van der Waals surface area contributed by atoms with Gasteiger partial charge in [0, 0.05) is 36.9 Å². The van der Waals surface area contributed by atoms with E-state index in [-0.39, 0.29) is 5.91 Å². The molecule has 0 bridgehead atoms. The monoisotopic (exact) mass is 397 g/mol.